The summed E-state index contributed by atoms with van der Waals surface area (Å²) in [5, 5.41) is 13.9. The van der Waals surface area contributed by atoms with Crippen LogP contribution in [0.2, 0.25) is 0 Å². The molecule has 112 valence electrons. The molecule has 0 bridgehead atoms. The monoisotopic (exact) mass is 288 g/mol. The Morgan fingerprint density at radius 1 is 1.19 bits per heavy atom. The van der Waals surface area contributed by atoms with Gasteiger partial charge in [0.1, 0.15) is 6.61 Å². The van der Waals surface area contributed by atoms with Gasteiger partial charge in [-0.2, -0.15) is 0 Å². The standard InChI is InChI=1S/C16H20N2O3/c1-12(2)10-17-15(20)11-18-16(21)14-7-5-13(6-8-14)4-3-9-19/h5-8,12,19H,9-11H2,1-2H3,(H,17,20)(H,18,21). The lowest BCUT2D eigenvalue weighted by atomic mass is 10.1. The highest BCUT2D eigenvalue weighted by atomic mass is 16.2. The van der Waals surface area contributed by atoms with E-state index in [0.29, 0.717) is 18.0 Å². The van der Waals surface area contributed by atoms with Crippen molar-refractivity contribution in [1.29, 1.82) is 0 Å². The summed E-state index contributed by atoms with van der Waals surface area (Å²) in [7, 11) is 0. The minimum atomic E-state index is -0.309. The number of rotatable bonds is 5. The molecule has 0 aliphatic carbocycles. The summed E-state index contributed by atoms with van der Waals surface area (Å²) in [6, 6.07) is 6.64. The lowest BCUT2D eigenvalue weighted by Gasteiger charge is -2.08. The van der Waals surface area contributed by atoms with Gasteiger partial charge in [-0.05, 0) is 30.2 Å². The van der Waals surface area contributed by atoms with E-state index in [1.54, 1.807) is 24.3 Å². The van der Waals surface area contributed by atoms with E-state index in [4.69, 9.17) is 5.11 Å². The molecule has 0 atom stereocenters. The summed E-state index contributed by atoms with van der Waals surface area (Å²) in [6.07, 6.45) is 0. The van der Waals surface area contributed by atoms with Crippen LogP contribution in [0.5, 0.6) is 0 Å². The fourth-order valence-electron chi connectivity index (χ4n) is 1.49. The number of benzene rings is 1. The Morgan fingerprint density at radius 3 is 2.43 bits per heavy atom. The van der Waals surface area contributed by atoms with Gasteiger partial charge in [-0.3, -0.25) is 9.59 Å². The maximum Gasteiger partial charge on any atom is 0.251 e. The highest BCUT2D eigenvalue weighted by Crippen LogP contribution is 2.03. The normalized spacial score (nSPS) is 9.71. The Bertz CT molecular complexity index is 539. The first-order valence-electron chi connectivity index (χ1n) is 6.77. The van der Waals surface area contributed by atoms with Crippen LogP contribution in [0.1, 0.15) is 29.8 Å². The van der Waals surface area contributed by atoms with E-state index >= 15 is 0 Å². The van der Waals surface area contributed by atoms with Gasteiger partial charge in [-0.25, -0.2) is 0 Å². The molecular weight excluding hydrogens is 268 g/mol. The van der Waals surface area contributed by atoms with Gasteiger partial charge in [0.2, 0.25) is 5.91 Å². The zero-order chi connectivity index (χ0) is 15.7. The highest BCUT2D eigenvalue weighted by molar-refractivity contribution is 5.96. The maximum absolute atomic E-state index is 11.8. The number of aliphatic hydroxyl groups excluding tert-OH is 1. The zero-order valence-electron chi connectivity index (χ0n) is 12.3. The fourth-order valence-corrected chi connectivity index (χ4v) is 1.49. The molecule has 5 heteroatoms. The first-order chi connectivity index (χ1) is 10.0. The van der Waals surface area contributed by atoms with Gasteiger partial charge >= 0.3 is 0 Å². The number of carbonyl (C=O) groups excluding carboxylic acids is 2. The second-order valence-corrected chi connectivity index (χ2v) is 4.92. The Hall–Kier alpha value is -2.32. The minimum absolute atomic E-state index is 0.0440. The lowest BCUT2D eigenvalue weighted by molar-refractivity contribution is -0.120. The average Bonchev–Trinajstić information content (AvgIpc) is 2.49. The molecule has 0 radical (unpaired) electrons. The van der Waals surface area contributed by atoms with Crippen molar-refractivity contribution in [2.45, 2.75) is 13.8 Å². The van der Waals surface area contributed by atoms with Crippen LogP contribution in [0.15, 0.2) is 24.3 Å². The Kier molecular flexibility index (Phi) is 6.99. The molecule has 1 aromatic rings. The molecule has 0 aromatic heterocycles. The maximum atomic E-state index is 11.8. The van der Waals surface area contributed by atoms with Crippen molar-refractivity contribution in [3.63, 3.8) is 0 Å². The highest BCUT2D eigenvalue weighted by Gasteiger charge is 2.07. The van der Waals surface area contributed by atoms with Gasteiger partial charge in [0.15, 0.2) is 0 Å². The third kappa shape index (κ3) is 6.59. The summed E-state index contributed by atoms with van der Waals surface area (Å²) < 4.78 is 0. The molecule has 1 rings (SSSR count). The van der Waals surface area contributed by atoms with Gasteiger partial charge in [-0.1, -0.05) is 25.7 Å². The first-order valence-corrected chi connectivity index (χ1v) is 6.77. The zero-order valence-corrected chi connectivity index (χ0v) is 12.3. The van der Waals surface area contributed by atoms with Crippen molar-refractivity contribution in [1.82, 2.24) is 10.6 Å². The van der Waals surface area contributed by atoms with Gasteiger partial charge < -0.3 is 15.7 Å². The lowest BCUT2D eigenvalue weighted by Crippen LogP contribution is -2.38. The van der Waals surface area contributed by atoms with Crippen LogP contribution >= 0.6 is 0 Å². The number of nitrogens with one attached hydrogen (secondary N) is 2. The second-order valence-electron chi connectivity index (χ2n) is 4.92. The third-order valence-electron chi connectivity index (χ3n) is 2.58. The molecular formula is C16H20N2O3. The molecule has 0 spiro atoms. The first kappa shape index (κ1) is 16.7. The van der Waals surface area contributed by atoms with Crippen molar-refractivity contribution in [3.8, 4) is 11.8 Å². The molecule has 5 nitrogen and oxygen atoms in total. The topological polar surface area (TPSA) is 78.4 Å². The van der Waals surface area contributed by atoms with Crippen molar-refractivity contribution in [3.05, 3.63) is 35.4 Å². The number of hydrogen-bond donors (Lipinski definition) is 3. The van der Waals surface area contributed by atoms with Gasteiger partial charge in [0, 0.05) is 17.7 Å². The molecule has 0 aliphatic rings. The van der Waals surface area contributed by atoms with Crippen LogP contribution in [0.25, 0.3) is 0 Å². The van der Waals surface area contributed by atoms with Gasteiger partial charge in [0.05, 0.1) is 6.54 Å². The number of carbonyl (C=O) groups is 2. The molecule has 0 fully saturated rings. The molecule has 0 heterocycles. The second kappa shape index (κ2) is 8.77. The van der Waals surface area contributed by atoms with Crippen LogP contribution in [0.4, 0.5) is 0 Å². The number of aliphatic hydroxyl groups is 1. The smallest absolute Gasteiger partial charge is 0.251 e. The molecule has 0 saturated heterocycles. The van der Waals surface area contributed by atoms with Crippen LogP contribution in [-0.2, 0) is 4.79 Å². The van der Waals surface area contributed by atoms with Crippen LogP contribution in [-0.4, -0.2) is 36.6 Å². The van der Waals surface area contributed by atoms with Crippen molar-refractivity contribution in [2.75, 3.05) is 19.7 Å². The Balaban J connectivity index is 2.47. The summed E-state index contributed by atoms with van der Waals surface area (Å²) in [4.78, 5) is 23.3. The summed E-state index contributed by atoms with van der Waals surface area (Å²) in [5.74, 6) is 5.13. The minimum Gasteiger partial charge on any atom is -0.384 e. The molecule has 21 heavy (non-hydrogen) atoms. The predicted octanol–water partition coefficient (Wildman–Crippen LogP) is 0.532. The van der Waals surface area contributed by atoms with E-state index in [1.165, 1.54) is 0 Å². The van der Waals surface area contributed by atoms with E-state index in [9.17, 15) is 9.59 Å². The molecule has 3 N–H and O–H groups in total. The largest absolute Gasteiger partial charge is 0.384 e. The number of hydrogen-bond acceptors (Lipinski definition) is 3. The quantitative estimate of drug-likeness (QED) is 0.692. The Labute approximate surface area is 124 Å². The Morgan fingerprint density at radius 2 is 1.86 bits per heavy atom. The third-order valence-corrected chi connectivity index (χ3v) is 2.58. The predicted molar refractivity (Wildman–Crippen MR) is 80.6 cm³/mol. The van der Waals surface area contributed by atoms with Gasteiger partial charge in [0.25, 0.3) is 5.91 Å². The molecule has 2 amide bonds. The summed E-state index contributed by atoms with van der Waals surface area (Å²) in [5.41, 5.74) is 1.18. The fraction of sp³-hybridized carbons (Fsp3) is 0.375. The van der Waals surface area contributed by atoms with Crippen LogP contribution in [0.3, 0.4) is 0 Å². The van der Waals surface area contributed by atoms with Crippen molar-refractivity contribution >= 4 is 11.8 Å². The SMILES string of the molecule is CC(C)CNC(=O)CNC(=O)c1ccc(C#CCO)cc1. The van der Waals surface area contributed by atoms with Crippen molar-refractivity contribution in [2.24, 2.45) is 5.92 Å². The van der Waals surface area contributed by atoms with E-state index < -0.39 is 0 Å². The van der Waals surface area contributed by atoms with E-state index in [-0.39, 0.29) is 25.0 Å². The van der Waals surface area contributed by atoms with Gasteiger partial charge in [-0.15, -0.1) is 0 Å². The van der Waals surface area contributed by atoms with E-state index in [1.807, 2.05) is 13.8 Å². The van der Waals surface area contributed by atoms with Crippen molar-refractivity contribution < 1.29 is 14.7 Å². The van der Waals surface area contributed by atoms with Crippen LogP contribution in [0, 0.1) is 17.8 Å². The average molecular weight is 288 g/mol. The molecule has 0 aliphatic heterocycles. The molecule has 0 saturated carbocycles. The number of amides is 2. The van der Waals surface area contributed by atoms with Crippen LogP contribution < -0.4 is 10.6 Å². The molecule has 0 unspecified atom stereocenters. The van der Waals surface area contributed by atoms with E-state index in [0.717, 1.165) is 5.56 Å². The molecule has 1 aromatic carbocycles. The van der Waals surface area contributed by atoms with E-state index in [2.05, 4.69) is 22.5 Å². The summed E-state index contributed by atoms with van der Waals surface area (Å²) in [6.45, 7) is 4.35. The summed E-state index contributed by atoms with van der Waals surface area (Å²) >= 11 is 0.